The molecule has 3 aromatic carbocycles. The molecule has 0 unspecified atom stereocenters. The summed E-state index contributed by atoms with van der Waals surface area (Å²) >= 11 is 0. The number of para-hydroxylation sites is 1. The van der Waals surface area contributed by atoms with E-state index in [0.29, 0.717) is 52.7 Å². The van der Waals surface area contributed by atoms with Crippen LogP contribution in [0.5, 0.6) is 23.0 Å². The Kier molecular flexibility index (Phi) is 8.27. The number of rotatable bonds is 11. The van der Waals surface area contributed by atoms with Crippen LogP contribution in [0.25, 0.3) is 11.0 Å². The summed E-state index contributed by atoms with van der Waals surface area (Å²) in [6, 6.07) is 17.0. The number of amides is 2. The minimum absolute atomic E-state index is 0.0816. The maximum Gasteiger partial charge on any atom is 0.247 e. The number of methoxy groups -OCH3 is 2. The van der Waals surface area contributed by atoms with Gasteiger partial charge < -0.3 is 33.9 Å². The van der Waals surface area contributed by atoms with E-state index in [1.165, 1.54) is 16.7 Å². The molecular weight excluding hydrogens is 554 g/mol. The summed E-state index contributed by atoms with van der Waals surface area (Å²) in [4.78, 5) is 30.0. The Labute approximate surface area is 248 Å². The Balaban J connectivity index is 1.40. The van der Waals surface area contributed by atoms with Gasteiger partial charge in [-0.15, -0.1) is 5.10 Å². The molecule has 2 amide bonds. The van der Waals surface area contributed by atoms with Crippen LogP contribution in [0.1, 0.15) is 30.0 Å². The molecule has 0 bridgehead atoms. The van der Waals surface area contributed by atoms with Gasteiger partial charge in [-0.1, -0.05) is 23.4 Å². The fraction of sp³-hybridized carbons (Fsp3) is 0.355. The van der Waals surface area contributed by atoms with Crippen molar-refractivity contribution in [2.45, 2.75) is 38.1 Å². The Bertz CT molecular complexity index is 1620. The molecule has 3 heterocycles. The van der Waals surface area contributed by atoms with Gasteiger partial charge in [-0.2, -0.15) is 0 Å². The van der Waals surface area contributed by atoms with E-state index < -0.39 is 6.04 Å². The van der Waals surface area contributed by atoms with Gasteiger partial charge in [0.1, 0.15) is 29.6 Å². The van der Waals surface area contributed by atoms with Crippen molar-refractivity contribution in [1.29, 1.82) is 0 Å². The minimum atomic E-state index is -1.06. The number of carbonyl (C=O) groups is 2. The highest BCUT2D eigenvalue weighted by Gasteiger charge is 2.35. The van der Waals surface area contributed by atoms with Crippen molar-refractivity contribution in [3.05, 3.63) is 71.8 Å². The van der Waals surface area contributed by atoms with Crippen molar-refractivity contribution < 1.29 is 33.3 Å². The first-order valence-electron chi connectivity index (χ1n) is 14.1. The van der Waals surface area contributed by atoms with Crippen LogP contribution in [-0.2, 0) is 27.4 Å². The Morgan fingerprint density at radius 1 is 1.07 bits per heavy atom. The number of carbonyl (C=O) groups excluding carboxylic acids is 2. The van der Waals surface area contributed by atoms with Gasteiger partial charge in [0.05, 0.1) is 25.8 Å². The van der Waals surface area contributed by atoms with Gasteiger partial charge in [-0.25, -0.2) is 4.68 Å². The molecule has 0 spiro atoms. The summed E-state index contributed by atoms with van der Waals surface area (Å²) in [5, 5.41) is 11.4. The highest BCUT2D eigenvalue weighted by Crippen LogP contribution is 2.36. The molecule has 1 saturated heterocycles. The predicted molar refractivity (Wildman–Crippen MR) is 155 cm³/mol. The molecule has 2 aliphatic rings. The summed E-state index contributed by atoms with van der Waals surface area (Å²) in [6.45, 7) is 1.07. The number of aromatic nitrogens is 3. The first-order chi connectivity index (χ1) is 21.0. The van der Waals surface area contributed by atoms with Crippen LogP contribution in [0.2, 0.25) is 0 Å². The molecule has 2 aliphatic heterocycles. The molecule has 1 fully saturated rings. The van der Waals surface area contributed by atoms with Crippen LogP contribution in [0.3, 0.4) is 0 Å². The molecule has 0 radical (unpaired) electrons. The lowest BCUT2D eigenvalue weighted by Gasteiger charge is -2.32. The van der Waals surface area contributed by atoms with E-state index in [1.54, 1.807) is 31.4 Å². The van der Waals surface area contributed by atoms with E-state index in [9.17, 15) is 9.59 Å². The summed E-state index contributed by atoms with van der Waals surface area (Å²) in [7, 11) is 3.07. The molecule has 43 heavy (non-hydrogen) atoms. The number of nitrogens with one attached hydrogen (secondary N) is 1. The van der Waals surface area contributed by atoms with Gasteiger partial charge in [0.15, 0.2) is 11.5 Å². The van der Waals surface area contributed by atoms with Gasteiger partial charge in [0, 0.05) is 31.3 Å². The van der Waals surface area contributed by atoms with E-state index in [1.807, 2.05) is 36.4 Å². The smallest absolute Gasteiger partial charge is 0.247 e. The van der Waals surface area contributed by atoms with E-state index >= 15 is 0 Å². The number of ether oxygens (including phenoxy) is 5. The van der Waals surface area contributed by atoms with E-state index in [4.69, 9.17) is 23.7 Å². The zero-order chi connectivity index (χ0) is 29.8. The molecule has 2 atom stereocenters. The average molecular weight is 588 g/mol. The molecule has 4 aromatic rings. The maximum absolute atomic E-state index is 14.3. The first-order valence-corrected chi connectivity index (χ1v) is 14.1. The third-order valence-electron chi connectivity index (χ3n) is 7.64. The van der Waals surface area contributed by atoms with Gasteiger partial charge in [0.25, 0.3) is 0 Å². The van der Waals surface area contributed by atoms with E-state index in [0.717, 1.165) is 18.4 Å². The van der Waals surface area contributed by atoms with Crippen molar-refractivity contribution in [2.24, 2.45) is 0 Å². The second-order valence-electron chi connectivity index (χ2n) is 10.3. The molecule has 12 nitrogen and oxygen atoms in total. The van der Waals surface area contributed by atoms with E-state index in [2.05, 4.69) is 15.6 Å². The van der Waals surface area contributed by atoms with Crippen LogP contribution in [-0.4, -0.2) is 72.0 Å². The standard InChI is InChI=1S/C31H33N5O7/c1-39-21-10-11-23(27(15-21)40-2)30(31(38)32-16-22-6-5-13-41-22)35(17-20-9-12-26-28(14-20)43-19-42-26)29(37)18-36-25-8-4-3-7-24(25)33-34-36/h3-4,7-12,14-15,22,30H,5-6,13,16-19H2,1-2H3,(H,32,38)/t22-,30-/m0/s1. The number of nitrogens with zero attached hydrogens (tertiary/aromatic N) is 4. The lowest BCUT2D eigenvalue weighted by molar-refractivity contribution is -0.142. The monoisotopic (exact) mass is 587 g/mol. The first kappa shape index (κ1) is 28.3. The zero-order valence-corrected chi connectivity index (χ0v) is 24.0. The largest absolute Gasteiger partial charge is 0.497 e. The fourth-order valence-electron chi connectivity index (χ4n) is 5.42. The van der Waals surface area contributed by atoms with Gasteiger partial charge in [-0.05, 0) is 54.8 Å². The quantitative estimate of drug-likeness (QED) is 0.281. The van der Waals surface area contributed by atoms with Crippen LogP contribution in [0, 0.1) is 0 Å². The number of hydrogen-bond donors (Lipinski definition) is 1. The minimum Gasteiger partial charge on any atom is -0.497 e. The molecule has 12 heteroatoms. The topological polar surface area (TPSA) is 126 Å². The zero-order valence-electron chi connectivity index (χ0n) is 24.0. The summed E-state index contributed by atoms with van der Waals surface area (Å²) < 4.78 is 29.5. The number of fused-ring (bicyclic) bond motifs is 2. The normalized spacial score (nSPS) is 16.2. The van der Waals surface area contributed by atoms with Gasteiger partial charge in [-0.3, -0.25) is 9.59 Å². The fourth-order valence-corrected chi connectivity index (χ4v) is 5.42. The third-order valence-corrected chi connectivity index (χ3v) is 7.64. The highest BCUT2D eigenvalue weighted by atomic mass is 16.7. The molecule has 0 aliphatic carbocycles. The van der Waals surface area contributed by atoms with Crippen molar-refractivity contribution in [3.8, 4) is 23.0 Å². The average Bonchev–Trinajstić information content (AvgIpc) is 3.81. The Morgan fingerprint density at radius 3 is 2.74 bits per heavy atom. The number of hydrogen-bond acceptors (Lipinski definition) is 9. The van der Waals surface area contributed by atoms with Crippen LogP contribution in [0.15, 0.2) is 60.7 Å². The van der Waals surface area contributed by atoms with Crippen molar-refractivity contribution in [2.75, 3.05) is 34.2 Å². The number of benzene rings is 3. The highest BCUT2D eigenvalue weighted by molar-refractivity contribution is 5.90. The molecule has 1 aromatic heterocycles. The van der Waals surface area contributed by atoms with Crippen LogP contribution < -0.4 is 24.3 Å². The van der Waals surface area contributed by atoms with Crippen molar-refractivity contribution in [1.82, 2.24) is 25.2 Å². The molecular formula is C31H33N5O7. The molecule has 224 valence electrons. The lowest BCUT2D eigenvalue weighted by Crippen LogP contribution is -2.46. The van der Waals surface area contributed by atoms with E-state index in [-0.39, 0.29) is 37.8 Å². The lowest BCUT2D eigenvalue weighted by atomic mass is 10.0. The molecule has 6 rings (SSSR count). The Hall–Kier alpha value is -4.84. The third kappa shape index (κ3) is 6.05. The maximum atomic E-state index is 14.3. The second kappa shape index (κ2) is 12.6. The van der Waals surface area contributed by atoms with Gasteiger partial charge >= 0.3 is 0 Å². The summed E-state index contributed by atoms with van der Waals surface area (Å²) in [5.74, 6) is 1.46. The molecule has 1 N–H and O–H groups in total. The predicted octanol–water partition coefficient (Wildman–Crippen LogP) is 3.24. The van der Waals surface area contributed by atoms with Crippen LogP contribution >= 0.6 is 0 Å². The SMILES string of the molecule is COc1ccc([C@@H](C(=O)NC[C@@H]2CCCO2)N(Cc2ccc3c(c2)OCO3)C(=O)Cn2nnc3ccccc32)c(OC)c1. The van der Waals surface area contributed by atoms with Crippen LogP contribution in [0.4, 0.5) is 0 Å². The molecule has 0 saturated carbocycles. The summed E-state index contributed by atoms with van der Waals surface area (Å²) in [6.07, 6.45) is 1.72. The second-order valence-corrected chi connectivity index (χ2v) is 10.3. The van der Waals surface area contributed by atoms with Crippen molar-refractivity contribution in [3.63, 3.8) is 0 Å². The Morgan fingerprint density at radius 2 is 1.93 bits per heavy atom. The van der Waals surface area contributed by atoms with Gasteiger partial charge in [0.2, 0.25) is 18.6 Å². The van der Waals surface area contributed by atoms with Crippen molar-refractivity contribution >= 4 is 22.8 Å². The summed E-state index contributed by atoms with van der Waals surface area (Å²) in [5.41, 5.74) is 2.64.